The van der Waals surface area contributed by atoms with Crippen molar-refractivity contribution < 1.29 is 29.6 Å². The Hall–Kier alpha value is -2.97. The maximum Gasteiger partial charge on any atom is 0.407 e. The Morgan fingerprint density at radius 3 is 2.44 bits per heavy atom. The number of benzene rings is 1. The maximum absolute atomic E-state index is 11.6. The molecule has 132 valence electrons. The second-order valence-electron chi connectivity index (χ2n) is 5.23. The molecule has 1 aromatic heterocycles. The van der Waals surface area contributed by atoms with Gasteiger partial charge in [0.2, 0.25) is 0 Å². The third-order valence-corrected chi connectivity index (χ3v) is 3.37. The van der Waals surface area contributed by atoms with Crippen molar-refractivity contribution in [2.45, 2.75) is 18.8 Å². The van der Waals surface area contributed by atoms with Crippen molar-refractivity contribution in [2.24, 2.45) is 0 Å². The summed E-state index contributed by atoms with van der Waals surface area (Å²) in [6, 6.07) is 11.7. The summed E-state index contributed by atoms with van der Waals surface area (Å²) in [5.41, 5.74) is 0.881. The molecule has 0 aliphatic carbocycles. The minimum absolute atomic E-state index is 0.0342. The standard InChI is InChI=1S/C17H18N2O6/c20-14(15(21)13-7-6-12(8-18-13)16(22)23)9-19-17(24)25-10-11-4-2-1-3-5-11/h1-8,14-15,20-21H,9-10H2,(H,19,24)(H,22,23). The number of carbonyl (C=O) groups excluding carboxylic acids is 1. The van der Waals surface area contributed by atoms with Crippen LogP contribution < -0.4 is 5.32 Å². The lowest BCUT2D eigenvalue weighted by Gasteiger charge is -2.18. The first-order valence-electron chi connectivity index (χ1n) is 7.47. The Morgan fingerprint density at radius 2 is 1.84 bits per heavy atom. The normalized spacial score (nSPS) is 12.9. The van der Waals surface area contributed by atoms with Crippen LogP contribution in [-0.4, -0.2) is 45.0 Å². The molecule has 0 radical (unpaired) electrons. The number of aliphatic hydroxyl groups is 2. The number of rotatable bonds is 7. The van der Waals surface area contributed by atoms with E-state index in [1.54, 1.807) is 12.1 Å². The third kappa shape index (κ3) is 5.55. The van der Waals surface area contributed by atoms with Gasteiger partial charge in [0, 0.05) is 12.7 Å². The molecule has 1 heterocycles. The number of ether oxygens (including phenoxy) is 1. The van der Waals surface area contributed by atoms with Gasteiger partial charge in [0.1, 0.15) is 18.8 Å². The van der Waals surface area contributed by atoms with Crippen LogP contribution in [0.3, 0.4) is 0 Å². The zero-order valence-electron chi connectivity index (χ0n) is 13.2. The van der Waals surface area contributed by atoms with Gasteiger partial charge in [-0.05, 0) is 17.7 Å². The zero-order valence-corrected chi connectivity index (χ0v) is 13.2. The number of nitrogens with one attached hydrogen (secondary N) is 1. The number of pyridine rings is 1. The Labute approximate surface area is 143 Å². The summed E-state index contributed by atoms with van der Waals surface area (Å²) < 4.78 is 4.98. The van der Waals surface area contributed by atoms with Gasteiger partial charge in [-0.25, -0.2) is 9.59 Å². The predicted octanol–water partition coefficient (Wildman–Crippen LogP) is 1.10. The van der Waals surface area contributed by atoms with Crippen LogP contribution in [0, 0.1) is 0 Å². The number of aromatic carboxylic acids is 1. The van der Waals surface area contributed by atoms with Gasteiger partial charge in [-0.1, -0.05) is 30.3 Å². The Kier molecular flexibility index (Phi) is 6.44. The molecule has 0 aliphatic heterocycles. The van der Waals surface area contributed by atoms with E-state index in [4.69, 9.17) is 9.84 Å². The number of carboxylic acids is 1. The second kappa shape index (κ2) is 8.76. The van der Waals surface area contributed by atoms with Crippen LogP contribution in [0.5, 0.6) is 0 Å². The van der Waals surface area contributed by atoms with Gasteiger partial charge in [0.25, 0.3) is 0 Å². The number of alkyl carbamates (subject to hydrolysis) is 1. The van der Waals surface area contributed by atoms with Crippen molar-refractivity contribution >= 4 is 12.1 Å². The van der Waals surface area contributed by atoms with Gasteiger partial charge < -0.3 is 25.4 Å². The first kappa shape index (κ1) is 18.4. The van der Waals surface area contributed by atoms with E-state index in [0.29, 0.717) is 0 Å². The number of carbonyl (C=O) groups is 2. The summed E-state index contributed by atoms with van der Waals surface area (Å²) in [6.45, 7) is -0.166. The number of hydrogen-bond acceptors (Lipinski definition) is 6. The molecule has 2 atom stereocenters. The van der Waals surface area contributed by atoms with E-state index in [0.717, 1.165) is 11.8 Å². The van der Waals surface area contributed by atoms with E-state index >= 15 is 0 Å². The van der Waals surface area contributed by atoms with Crippen LogP contribution in [0.4, 0.5) is 4.79 Å². The van der Waals surface area contributed by atoms with Crippen molar-refractivity contribution in [1.82, 2.24) is 10.3 Å². The van der Waals surface area contributed by atoms with E-state index < -0.39 is 24.3 Å². The van der Waals surface area contributed by atoms with Gasteiger partial charge in [-0.2, -0.15) is 0 Å². The fourth-order valence-electron chi connectivity index (χ4n) is 1.98. The van der Waals surface area contributed by atoms with Crippen molar-refractivity contribution in [3.05, 3.63) is 65.5 Å². The first-order valence-corrected chi connectivity index (χ1v) is 7.47. The highest BCUT2D eigenvalue weighted by atomic mass is 16.5. The van der Waals surface area contributed by atoms with E-state index in [1.807, 2.05) is 18.2 Å². The molecule has 0 bridgehead atoms. The van der Waals surface area contributed by atoms with E-state index in [-0.39, 0.29) is 24.4 Å². The third-order valence-electron chi connectivity index (χ3n) is 3.37. The number of aromatic nitrogens is 1. The minimum atomic E-state index is -1.38. The highest BCUT2D eigenvalue weighted by molar-refractivity contribution is 5.87. The van der Waals surface area contributed by atoms with Crippen molar-refractivity contribution in [1.29, 1.82) is 0 Å². The summed E-state index contributed by atoms with van der Waals surface area (Å²) in [7, 11) is 0. The molecule has 2 aromatic rings. The SMILES string of the molecule is O=C(NCC(O)C(O)c1ccc(C(=O)O)cn1)OCc1ccccc1. The Bertz CT molecular complexity index is 705. The van der Waals surface area contributed by atoms with Crippen molar-refractivity contribution in [3.8, 4) is 0 Å². The summed E-state index contributed by atoms with van der Waals surface area (Å²) in [5, 5.41) is 31.0. The van der Waals surface area contributed by atoms with Crippen molar-refractivity contribution in [3.63, 3.8) is 0 Å². The molecule has 4 N–H and O–H groups in total. The molecule has 8 nitrogen and oxygen atoms in total. The molecule has 1 amide bonds. The summed E-state index contributed by atoms with van der Waals surface area (Å²) in [5.74, 6) is -1.14. The molecule has 8 heteroatoms. The van der Waals surface area contributed by atoms with Crippen LogP contribution in [0.1, 0.15) is 27.7 Å². The molecule has 1 aromatic carbocycles. The van der Waals surface area contributed by atoms with Crippen molar-refractivity contribution in [2.75, 3.05) is 6.54 Å². The fraction of sp³-hybridized carbons (Fsp3) is 0.235. The average molecular weight is 346 g/mol. The molecular weight excluding hydrogens is 328 g/mol. The summed E-state index contributed by atoms with van der Waals surface area (Å²) in [4.78, 5) is 26.1. The summed E-state index contributed by atoms with van der Waals surface area (Å²) in [6.07, 6.45) is -2.36. The molecule has 2 rings (SSSR count). The average Bonchev–Trinajstić information content (AvgIpc) is 2.64. The topological polar surface area (TPSA) is 129 Å². The van der Waals surface area contributed by atoms with E-state index in [1.165, 1.54) is 12.1 Å². The van der Waals surface area contributed by atoms with Gasteiger partial charge in [0.05, 0.1) is 11.3 Å². The van der Waals surface area contributed by atoms with E-state index in [2.05, 4.69) is 10.3 Å². The van der Waals surface area contributed by atoms with E-state index in [9.17, 15) is 19.8 Å². The Balaban J connectivity index is 1.79. The lowest BCUT2D eigenvalue weighted by atomic mass is 10.1. The molecule has 0 saturated carbocycles. The second-order valence-corrected chi connectivity index (χ2v) is 5.23. The first-order chi connectivity index (χ1) is 12.0. The number of amides is 1. The number of aliphatic hydroxyl groups excluding tert-OH is 2. The minimum Gasteiger partial charge on any atom is -0.478 e. The molecule has 0 spiro atoms. The molecular formula is C17H18N2O6. The van der Waals surface area contributed by atoms with Gasteiger partial charge in [-0.15, -0.1) is 0 Å². The number of hydrogen-bond donors (Lipinski definition) is 4. The van der Waals surface area contributed by atoms with Gasteiger partial charge in [0.15, 0.2) is 0 Å². The molecule has 0 aliphatic rings. The molecule has 0 fully saturated rings. The largest absolute Gasteiger partial charge is 0.478 e. The number of nitrogens with zero attached hydrogens (tertiary/aromatic N) is 1. The smallest absolute Gasteiger partial charge is 0.407 e. The monoisotopic (exact) mass is 346 g/mol. The zero-order chi connectivity index (χ0) is 18.2. The molecule has 0 saturated heterocycles. The van der Waals surface area contributed by atoms with Crippen LogP contribution in [0.15, 0.2) is 48.7 Å². The highest BCUT2D eigenvalue weighted by Crippen LogP contribution is 2.14. The quantitative estimate of drug-likeness (QED) is 0.591. The van der Waals surface area contributed by atoms with Gasteiger partial charge in [-0.3, -0.25) is 4.98 Å². The van der Waals surface area contributed by atoms with Crippen LogP contribution in [0.2, 0.25) is 0 Å². The molecule has 2 unspecified atom stereocenters. The van der Waals surface area contributed by atoms with Crippen LogP contribution in [0.25, 0.3) is 0 Å². The Morgan fingerprint density at radius 1 is 1.12 bits per heavy atom. The van der Waals surface area contributed by atoms with Crippen LogP contribution >= 0.6 is 0 Å². The highest BCUT2D eigenvalue weighted by Gasteiger charge is 2.21. The summed E-state index contributed by atoms with van der Waals surface area (Å²) >= 11 is 0. The van der Waals surface area contributed by atoms with Gasteiger partial charge >= 0.3 is 12.1 Å². The predicted molar refractivity (Wildman–Crippen MR) is 86.8 cm³/mol. The lowest BCUT2D eigenvalue weighted by molar-refractivity contribution is 0.0159. The lowest BCUT2D eigenvalue weighted by Crippen LogP contribution is -2.36. The maximum atomic E-state index is 11.6. The molecule has 25 heavy (non-hydrogen) atoms. The van der Waals surface area contributed by atoms with Crippen LogP contribution in [-0.2, 0) is 11.3 Å². The fourth-order valence-corrected chi connectivity index (χ4v) is 1.98. The number of carboxylic acid groups (broad SMARTS) is 1.